The summed E-state index contributed by atoms with van der Waals surface area (Å²) in [5.41, 5.74) is 1.06. The van der Waals surface area contributed by atoms with Gasteiger partial charge in [0, 0.05) is 0 Å². The van der Waals surface area contributed by atoms with Gasteiger partial charge < -0.3 is 9.84 Å². The van der Waals surface area contributed by atoms with E-state index >= 15 is 0 Å². The number of aliphatic hydroxyl groups is 1. The van der Waals surface area contributed by atoms with E-state index in [-0.39, 0.29) is 0 Å². The molecule has 0 saturated carbocycles. The highest BCUT2D eigenvalue weighted by atomic mass is 16.5. The van der Waals surface area contributed by atoms with Crippen LogP contribution in [-0.4, -0.2) is 24.3 Å². The fraction of sp³-hybridized carbons (Fsp3) is 0.154. The number of carbonyl (C=O) groups excluding carboxylic acids is 1. The van der Waals surface area contributed by atoms with E-state index in [1.165, 1.54) is 13.2 Å². The van der Waals surface area contributed by atoms with Crippen LogP contribution in [0.3, 0.4) is 0 Å². The third-order valence-corrected chi connectivity index (χ3v) is 1.94. The highest BCUT2D eigenvalue weighted by Gasteiger charge is 2.09. The van der Waals surface area contributed by atoms with Crippen LogP contribution in [0.25, 0.3) is 6.08 Å². The van der Waals surface area contributed by atoms with Gasteiger partial charge >= 0.3 is 5.97 Å². The van der Waals surface area contributed by atoms with Crippen molar-refractivity contribution in [3.63, 3.8) is 0 Å². The zero-order valence-electron chi connectivity index (χ0n) is 9.04. The molecule has 84 valence electrons. The van der Waals surface area contributed by atoms with E-state index in [0.717, 1.165) is 5.56 Å². The second-order valence-electron chi connectivity index (χ2n) is 3.12. The molecule has 0 aromatic heterocycles. The Balaban J connectivity index is 2.48. The Bertz CT molecular complexity index is 379. The fourth-order valence-corrected chi connectivity index (χ4v) is 1.10. The molecule has 1 aromatic carbocycles. The number of benzene rings is 1. The van der Waals surface area contributed by atoms with Crippen LogP contribution < -0.4 is 0 Å². The van der Waals surface area contributed by atoms with Crippen molar-refractivity contribution in [2.24, 2.45) is 0 Å². The van der Waals surface area contributed by atoms with E-state index in [1.807, 2.05) is 36.4 Å². The van der Waals surface area contributed by atoms with Gasteiger partial charge in [0.1, 0.15) is 0 Å². The van der Waals surface area contributed by atoms with Crippen molar-refractivity contribution < 1.29 is 14.6 Å². The van der Waals surface area contributed by atoms with Crippen LogP contribution in [0, 0.1) is 0 Å². The molecule has 0 aliphatic heterocycles. The molecule has 0 bridgehead atoms. The first-order valence-electron chi connectivity index (χ1n) is 4.90. The summed E-state index contributed by atoms with van der Waals surface area (Å²) in [4.78, 5) is 10.8. The smallest absolute Gasteiger partial charge is 0.338 e. The molecule has 0 spiro atoms. The Morgan fingerprint density at radius 3 is 2.62 bits per heavy atom. The zero-order valence-corrected chi connectivity index (χ0v) is 9.04. The maximum Gasteiger partial charge on any atom is 0.338 e. The van der Waals surface area contributed by atoms with Crippen molar-refractivity contribution in [1.29, 1.82) is 0 Å². The molecule has 0 amide bonds. The average Bonchev–Trinajstić information content (AvgIpc) is 2.34. The number of rotatable bonds is 4. The minimum Gasteiger partial charge on any atom is -0.467 e. The van der Waals surface area contributed by atoms with E-state index < -0.39 is 12.1 Å². The number of aliphatic hydroxyl groups excluding tert-OH is 1. The minimum absolute atomic E-state index is 0.663. The summed E-state index contributed by atoms with van der Waals surface area (Å²) >= 11 is 0. The molecule has 1 aromatic rings. The van der Waals surface area contributed by atoms with Crippen LogP contribution in [0.15, 0.2) is 48.6 Å². The van der Waals surface area contributed by atoms with Crippen LogP contribution in [0.5, 0.6) is 0 Å². The quantitative estimate of drug-likeness (QED) is 0.619. The Morgan fingerprint density at radius 2 is 2.00 bits per heavy atom. The predicted octanol–water partition coefficient (Wildman–Crippen LogP) is 1.79. The van der Waals surface area contributed by atoms with Crippen molar-refractivity contribution >= 4 is 12.0 Å². The number of carbonyl (C=O) groups is 1. The summed E-state index contributed by atoms with van der Waals surface area (Å²) in [6, 6.07) is 9.73. The lowest BCUT2D eigenvalue weighted by Crippen LogP contribution is -2.18. The third kappa shape index (κ3) is 4.11. The molecule has 0 heterocycles. The average molecular weight is 218 g/mol. The molecular weight excluding hydrogens is 204 g/mol. The lowest BCUT2D eigenvalue weighted by molar-refractivity contribution is -0.147. The monoisotopic (exact) mass is 218 g/mol. The molecule has 3 heteroatoms. The van der Waals surface area contributed by atoms with Gasteiger partial charge in [0.05, 0.1) is 7.11 Å². The number of ether oxygens (including phenoxy) is 1. The maximum absolute atomic E-state index is 10.8. The normalized spacial score (nSPS) is 13.1. The largest absolute Gasteiger partial charge is 0.467 e. The number of esters is 1. The van der Waals surface area contributed by atoms with Gasteiger partial charge in [-0.15, -0.1) is 0 Å². The van der Waals surface area contributed by atoms with Gasteiger partial charge in [-0.3, -0.25) is 0 Å². The highest BCUT2D eigenvalue weighted by Crippen LogP contribution is 2.01. The second kappa shape index (κ2) is 6.58. The molecule has 1 N–H and O–H groups in total. The second-order valence-corrected chi connectivity index (χ2v) is 3.12. The molecule has 1 rings (SSSR count). The minimum atomic E-state index is -1.20. The van der Waals surface area contributed by atoms with Crippen LogP contribution in [0.4, 0.5) is 0 Å². The number of hydrogen-bond donors (Lipinski definition) is 1. The van der Waals surface area contributed by atoms with Gasteiger partial charge in [-0.1, -0.05) is 48.6 Å². The summed E-state index contributed by atoms with van der Waals surface area (Å²) in [5, 5.41) is 9.22. The molecule has 16 heavy (non-hydrogen) atoms. The van der Waals surface area contributed by atoms with Gasteiger partial charge in [-0.25, -0.2) is 4.79 Å². The Morgan fingerprint density at radius 1 is 1.31 bits per heavy atom. The topological polar surface area (TPSA) is 46.5 Å². The molecule has 0 radical (unpaired) electrons. The number of hydrogen-bond acceptors (Lipinski definition) is 3. The standard InChI is InChI=1S/C13H14O3/c1-16-13(15)12(14)10-6-5-9-11-7-3-2-4-8-11/h2-10,12,14H,1H3/b9-5+,10-6+/t12-/m0/s1. The van der Waals surface area contributed by atoms with Crippen molar-refractivity contribution in [2.45, 2.75) is 6.10 Å². The maximum atomic E-state index is 10.8. The number of methoxy groups -OCH3 is 1. The fourth-order valence-electron chi connectivity index (χ4n) is 1.10. The van der Waals surface area contributed by atoms with Gasteiger partial charge in [0.2, 0.25) is 0 Å². The molecular formula is C13H14O3. The molecule has 1 atom stereocenters. The number of allylic oxidation sites excluding steroid dienone is 2. The molecule has 0 fully saturated rings. The predicted molar refractivity (Wildman–Crippen MR) is 62.6 cm³/mol. The molecule has 3 nitrogen and oxygen atoms in total. The Hall–Kier alpha value is -1.87. The lowest BCUT2D eigenvalue weighted by Gasteiger charge is -2.00. The van der Waals surface area contributed by atoms with E-state index in [1.54, 1.807) is 12.2 Å². The summed E-state index contributed by atoms with van der Waals surface area (Å²) < 4.78 is 4.36. The molecule has 0 unspecified atom stereocenters. The van der Waals surface area contributed by atoms with E-state index in [9.17, 15) is 9.90 Å². The first-order valence-corrected chi connectivity index (χ1v) is 4.90. The Labute approximate surface area is 94.7 Å². The van der Waals surface area contributed by atoms with Crippen LogP contribution in [0.2, 0.25) is 0 Å². The van der Waals surface area contributed by atoms with Gasteiger partial charge in [-0.2, -0.15) is 0 Å². The van der Waals surface area contributed by atoms with Crippen LogP contribution in [-0.2, 0) is 9.53 Å². The van der Waals surface area contributed by atoms with Crippen molar-refractivity contribution in [3.8, 4) is 0 Å². The lowest BCUT2D eigenvalue weighted by atomic mass is 10.2. The van der Waals surface area contributed by atoms with Gasteiger partial charge in [-0.05, 0) is 11.6 Å². The van der Waals surface area contributed by atoms with Crippen molar-refractivity contribution in [2.75, 3.05) is 7.11 Å². The summed E-state index contributed by atoms with van der Waals surface area (Å²) in [5.74, 6) is -0.663. The van der Waals surface area contributed by atoms with Crippen molar-refractivity contribution in [1.82, 2.24) is 0 Å². The highest BCUT2D eigenvalue weighted by molar-refractivity contribution is 5.76. The van der Waals surface area contributed by atoms with E-state index in [0.29, 0.717) is 0 Å². The van der Waals surface area contributed by atoms with Crippen molar-refractivity contribution in [3.05, 3.63) is 54.1 Å². The first-order chi connectivity index (χ1) is 7.74. The van der Waals surface area contributed by atoms with Crippen LogP contribution in [0.1, 0.15) is 5.56 Å². The van der Waals surface area contributed by atoms with Crippen LogP contribution >= 0.6 is 0 Å². The molecule has 0 aliphatic rings. The summed E-state index contributed by atoms with van der Waals surface area (Å²) in [6.45, 7) is 0. The summed E-state index contributed by atoms with van der Waals surface area (Å²) in [7, 11) is 1.24. The Kier molecular flexibility index (Phi) is 5.02. The van der Waals surface area contributed by atoms with E-state index in [2.05, 4.69) is 4.74 Å². The zero-order chi connectivity index (χ0) is 11.8. The SMILES string of the molecule is COC(=O)[C@@H](O)/C=C/C=C/c1ccccc1. The molecule has 0 aliphatic carbocycles. The summed E-state index contributed by atoms with van der Waals surface area (Å²) in [6.07, 6.45) is 5.40. The van der Waals surface area contributed by atoms with Gasteiger partial charge in [0.15, 0.2) is 6.10 Å². The third-order valence-electron chi connectivity index (χ3n) is 1.94. The first kappa shape index (κ1) is 12.2. The molecule has 0 saturated heterocycles. The van der Waals surface area contributed by atoms with E-state index in [4.69, 9.17) is 0 Å². The van der Waals surface area contributed by atoms with Gasteiger partial charge in [0.25, 0.3) is 0 Å².